The first-order valence-corrected chi connectivity index (χ1v) is 6.35. The van der Waals surface area contributed by atoms with E-state index in [4.69, 9.17) is 5.11 Å². The lowest BCUT2D eigenvalue weighted by Crippen LogP contribution is -2.31. The van der Waals surface area contributed by atoms with Gasteiger partial charge in [0.1, 0.15) is 5.25 Å². The van der Waals surface area contributed by atoms with E-state index < -0.39 is 22.0 Å². The number of aliphatic carboxylic acids is 1. The van der Waals surface area contributed by atoms with Crippen molar-refractivity contribution >= 4 is 16.8 Å². The van der Waals surface area contributed by atoms with Crippen molar-refractivity contribution in [2.75, 3.05) is 0 Å². The minimum atomic E-state index is -1.49. The Bertz CT molecular complexity index is 412. The molecule has 0 bridgehead atoms. The van der Waals surface area contributed by atoms with E-state index in [1.807, 2.05) is 19.1 Å². The van der Waals surface area contributed by atoms with Gasteiger partial charge in [0.2, 0.25) is 0 Å². The van der Waals surface area contributed by atoms with Crippen LogP contribution in [0.3, 0.4) is 0 Å². The molecule has 1 aromatic carbocycles. The minimum absolute atomic E-state index is 0.155. The Morgan fingerprint density at radius 2 is 1.88 bits per heavy atom. The van der Waals surface area contributed by atoms with Crippen molar-refractivity contribution in [3.63, 3.8) is 0 Å². The Kier molecular flexibility index (Phi) is 4.24. The van der Waals surface area contributed by atoms with Gasteiger partial charge in [0.05, 0.1) is 10.8 Å². The zero-order valence-electron chi connectivity index (χ0n) is 9.64. The fourth-order valence-corrected chi connectivity index (χ4v) is 3.09. The highest BCUT2D eigenvalue weighted by atomic mass is 32.2. The number of aryl methyl sites for hydroxylation is 1. The maximum atomic E-state index is 12.2. The Hall–Kier alpha value is -1.16. The summed E-state index contributed by atoms with van der Waals surface area (Å²) in [6.07, 6.45) is 0. The quantitative estimate of drug-likeness (QED) is 0.878. The van der Waals surface area contributed by atoms with Gasteiger partial charge in [0.25, 0.3) is 0 Å². The lowest BCUT2D eigenvalue weighted by atomic mass is 10.1. The van der Waals surface area contributed by atoms with Gasteiger partial charge in [-0.05, 0) is 24.5 Å². The first kappa shape index (κ1) is 12.9. The largest absolute Gasteiger partial charge is 0.480 e. The Labute approximate surface area is 98.0 Å². The second-order valence-electron chi connectivity index (χ2n) is 4.07. The summed E-state index contributed by atoms with van der Waals surface area (Å²) in [7, 11) is -1.49. The van der Waals surface area contributed by atoms with Crippen molar-refractivity contribution in [1.82, 2.24) is 0 Å². The lowest BCUT2D eigenvalue weighted by molar-refractivity contribution is -0.137. The smallest absolute Gasteiger partial charge is 0.319 e. The van der Waals surface area contributed by atoms with E-state index >= 15 is 0 Å². The van der Waals surface area contributed by atoms with Gasteiger partial charge in [0, 0.05) is 4.90 Å². The highest BCUT2D eigenvalue weighted by Gasteiger charge is 2.29. The standard InChI is InChI=1S/C12H16O3S/c1-8(2)11(12(13)14)16(15)10-7-5-4-6-9(10)3/h4-8,11H,1-3H3,(H,13,14). The molecule has 2 atom stereocenters. The first-order chi connectivity index (χ1) is 7.45. The van der Waals surface area contributed by atoms with Gasteiger partial charge < -0.3 is 5.11 Å². The van der Waals surface area contributed by atoms with Crippen LogP contribution in [0.15, 0.2) is 29.2 Å². The van der Waals surface area contributed by atoms with Crippen molar-refractivity contribution in [3.8, 4) is 0 Å². The van der Waals surface area contributed by atoms with Crippen LogP contribution in [-0.2, 0) is 15.6 Å². The normalized spacial score (nSPS) is 14.8. The molecule has 1 rings (SSSR count). The molecule has 0 heterocycles. The third-order valence-electron chi connectivity index (χ3n) is 2.39. The van der Waals surface area contributed by atoms with Crippen LogP contribution in [0.2, 0.25) is 0 Å². The summed E-state index contributed by atoms with van der Waals surface area (Å²) in [5.41, 5.74) is 0.868. The van der Waals surface area contributed by atoms with Gasteiger partial charge in [-0.15, -0.1) is 0 Å². The predicted molar refractivity (Wildman–Crippen MR) is 63.8 cm³/mol. The Morgan fingerprint density at radius 3 is 2.31 bits per heavy atom. The minimum Gasteiger partial charge on any atom is -0.480 e. The molecule has 0 aromatic heterocycles. The topological polar surface area (TPSA) is 54.4 Å². The third-order valence-corrected chi connectivity index (χ3v) is 4.49. The SMILES string of the molecule is Cc1ccccc1S(=O)C(C(=O)O)C(C)C. The molecule has 0 aliphatic rings. The van der Waals surface area contributed by atoms with Crippen molar-refractivity contribution in [1.29, 1.82) is 0 Å². The van der Waals surface area contributed by atoms with E-state index in [9.17, 15) is 9.00 Å². The molecule has 0 aliphatic carbocycles. The number of carbonyl (C=O) groups is 1. The molecule has 2 unspecified atom stereocenters. The molecule has 88 valence electrons. The molecule has 0 fully saturated rings. The number of carboxylic acid groups (broad SMARTS) is 1. The van der Waals surface area contributed by atoms with Gasteiger partial charge in [0.15, 0.2) is 0 Å². The van der Waals surface area contributed by atoms with E-state index in [0.29, 0.717) is 4.90 Å². The predicted octanol–water partition coefficient (Wildman–Crippen LogP) is 2.21. The van der Waals surface area contributed by atoms with Gasteiger partial charge in [-0.25, -0.2) is 0 Å². The fraction of sp³-hybridized carbons (Fsp3) is 0.417. The van der Waals surface area contributed by atoms with Crippen molar-refractivity contribution in [2.45, 2.75) is 30.9 Å². The van der Waals surface area contributed by atoms with Crippen LogP contribution < -0.4 is 0 Å². The third kappa shape index (κ3) is 2.70. The average molecular weight is 240 g/mol. The number of rotatable bonds is 4. The van der Waals surface area contributed by atoms with Gasteiger partial charge in [-0.2, -0.15) is 0 Å². The molecule has 4 heteroatoms. The maximum absolute atomic E-state index is 12.2. The fourth-order valence-electron chi connectivity index (χ4n) is 1.54. The molecule has 16 heavy (non-hydrogen) atoms. The molecule has 0 spiro atoms. The van der Waals surface area contributed by atoms with Crippen molar-refractivity contribution in [3.05, 3.63) is 29.8 Å². The van der Waals surface area contributed by atoms with E-state index in [2.05, 4.69) is 0 Å². The summed E-state index contributed by atoms with van der Waals surface area (Å²) in [6.45, 7) is 5.39. The Balaban J connectivity index is 3.10. The van der Waals surface area contributed by atoms with Crippen LogP contribution in [0.25, 0.3) is 0 Å². The Morgan fingerprint density at radius 1 is 1.31 bits per heavy atom. The first-order valence-electron chi connectivity index (χ1n) is 5.14. The van der Waals surface area contributed by atoms with Gasteiger partial charge in [-0.1, -0.05) is 32.0 Å². The number of benzene rings is 1. The van der Waals surface area contributed by atoms with Crippen LogP contribution >= 0.6 is 0 Å². The van der Waals surface area contributed by atoms with E-state index in [1.165, 1.54) is 0 Å². The van der Waals surface area contributed by atoms with Gasteiger partial charge in [-0.3, -0.25) is 9.00 Å². The average Bonchev–Trinajstić information content (AvgIpc) is 2.16. The zero-order chi connectivity index (χ0) is 12.3. The van der Waals surface area contributed by atoms with E-state index in [1.54, 1.807) is 26.0 Å². The van der Waals surface area contributed by atoms with Crippen LogP contribution in [0.5, 0.6) is 0 Å². The molecule has 0 aliphatic heterocycles. The number of hydrogen-bond donors (Lipinski definition) is 1. The van der Waals surface area contributed by atoms with Crippen molar-refractivity contribution < 1.29 is 14.1 Å². The molecule has 3 nitrogen and oxygen atoms in total. The summed E-state index contributed by atoms with van der Waals surface area (Å²) in [5, 5.41) is 8.23. The van der Waals surface area contributed by atoms with Crippen LogP contribution in [-0.4, -0.2) is 20.5 Å². The molecular formula is C12H16O3S. The molecule has 0 saturated carbocycles. The zero-order valence-corrected chi connectivity index (χ0v) is 10.5. The summed E-state index contributed by atoms with van der Waals surface area (Å²) < 4.78 is 12.2. The van der Waals surface area contributed by atoms with E-state index in [-0.39, 0.29) is 5.92 Å². The molecule has 0 amide bonds. The molecule has 1 N–H and O–H groups in total. The van der Waals surface area contributed by atoms with Crippen molar-refractivity contribution in [2.24, 2.45) is 5.92 Å². The molecular weight excluding hydrogens is 224 g/mol. The molecule has 0 saturated heterocycles. The monoisotopic (exact) mass is 240 g/mol. The van der Waals surface area contributed by atoms with Crippen LogP contribution in [0.4, 0.5) is 0 Å². The van der Waals surface area contributed by atoms with Crippen LogP contribution in [0.1, 0.15) is 19.4 Å². The summed E-state index contributed by atoms with van der Waals surface area (Å²) in [5.74, 6) is -1.16. The summed E-state index contributed by atoms with van der Waals surface area (Å²) in [6, 6.07) is 7.19. The maximum Gasteiger partial charge on any atom is 0.319 e. The summed E-state index contributed by atoms with van der Waals surface area (Å²) in [4.78, 5) is 11.7. The highest BCUT2D eigenvalue weighted by Crippen LogP contribution is 2.20. The van der Waals surface area contributed by atoms with E-state index in [0.717, 1.165) is 5.56 Å². The molecule has 1 aromatic rings. The number of carboxylic acids is 1. The second-order valence-corrected chi connectivity index (χ2v) is 5.61. The highest BCUT2D eigenvalue weighted by molar-refractivity contribution is 7.86. The summed E-state index contributed by atoms with van der Waals surface area (Å²) >= 11 is 0. The lowest BCUT2D eigenvalue weighted by Gasteiger charge is -2.16. The number of hydrogen-bond acceptors (Lipinski definition) is 2. The molecule has 0 radical (unpaired) electrons. The second kappa shape index (κ2) is 5.25. The van der Waals surface area contributed by atoms with Crippen LogP contribution in [0, 0.1) is 12.8 Å². The van der Waals surface area contributed by atoms with Gasteiger partial charge >= 0.3 is 5.97 Å².